The molecule has 0 N–H and O–H groups in total. The van der Waals surface area contributed by atoms with Crippen LogP contribution in [0.3, 0.4) is 0 Å². The maximum Gasteiger partial charge on any atom is 0.258 e. The lowest BCUT2D eigenvalue weighted by atomic mass is 10.1. The van der Waals surface area contributed by atoms with Gasteiger partial charge >= 0.3 is 0 Å². The van der Waals surface area contributed by atoms with Crippen molar-refractivity contribution in [2.75, 3.05) is 38.3 Å². The van der Waals surface area contributed by atoms with Crippen LogP contribution in [0.2, 0.25) is 5.02 Å². The number of benzene rings is 1. The lowest BCUT2D eigenvalue weighted by molar-refractivity contribution is -0.129. The van der Waals surface area contributed by atoms with Crippen molar-refractivity contribution in [2.45, 2.75) is 25.8 Å². The number of carbonyl (C=O) groups is 2. The van der Waals surface area contributed by atoms with Crippen molar-refractivity contribution in [3.63, 3.8) is 0 Å². The molecule has 2 aromatic rings. The first-order valence-corrected chi connectivity index (χ1v) is 11.6. The van der Waals surface area contributed by atoms with Crippen LogP contribution < -0.4 is 4.80 Å². The first kappa shape index (κ1) is 21.4. The second kappa shape index (κ2) is 10.4. The Balaban J connectivity index is 1.66. The van der Waals surface area contributed by atoms with E-state index in [0.29, 0.717) is 28.7 Å². The molecule has 1 aromatic carbocycles. The van der Waals surface area contributed by atoms with Gasteiger partial charge in [-0.3, -0.25) is 9.59 Å². The molecule has 0 bridgehead atoms. The van der Waals surface area contributed by atoms with Crippen LogP contribution in [0.4, 0.5) is 0 Å². The summed E-state index contributed by atoms with van der Waals surface area (Å²) in [5.41, 5.74) is 0.978. The normalized spacial score (nSPS) is 15.4. The van der Waals surface area contributed by atoms with Gasteiger partial charge in [0.2, 0.25) is 5.91 Å². The monoisotopic (exact) mass is 441 g/mol. The second-order valence-corrected chi connectivity index (χ2v) is 9.01. The number of halogens is 1. The molecule has 1 saturated heterocycles. The van der Waals surface area contributed by atoms with Gasteiger partial charge in [0.05, 0.1) is 28.3 Å². The van der Waals surface area contributed by atoms with Gasteiger partial charge in [0.25, 0.3) is 5.91 Å². The molecule has 1 aromatic heterocycles. The van der Waals surface area contributed by atoms with Crippen LogP contribution in [0.25, 0.3) is 10.2 Å². The van der Waals surface area contributed by atoms with Crippen molar-refractivity contribution in [1.29, 1.82) is 0 Å². The lowest BCUT2D eigenvalue weighted by Crippen LogP contribution is -2.36. The highest BCUT2D eigenvalue weighted by Gasteiger charge is 2.16. The standard InChI is InChI=1S/C19H24ClN3O3S2/c1-26-10-9-23-15-6-5-14(20)11-16(15)28-19(23)21-17(24)12-27-13-18(25)22-7-3-2-4-8-22/h5-6,11H,2-4,7-10,12-13H2,1H3. The molecule has 2 heterocycles. The highest BCUT2D eigenvalue weighted by molar-refractivity contribution is 8.00. The average Bonchev–Trinajstić information content (AvgIpc) is 3.02. The molecule has 0 spiro atoms. The number of thioether (sulfide) groups is 1. The third-order valence-electron chi connectivity index (χ3n) is 4.54. The molecule has 0 aliphatic carbocycles. The summed E-state index contributed by atoms with van der Waals surface area (Å²) < 4.78 is 8.13. The van der Waals surface area contributed by atoms with Gasteiger partial charge in [0.1, 0.15) is 0 Å². The van der Waals surface area contributed by atoms with Crippen molar-refractivity contribution in [3.8, 4) is 0 Å². The van der Waals surface area contributed by atoms with E-state index in [-0.39, 0.29) is 17.6 Å². The molecule has 0 saturated carbocycles. The molecule has 2 amide bonds. The van der Waals surface area contributed by atoms with Gasteiger partial charge < -0.3 is 14.2 Å². The molecular weight excluding hydrogens is 418 g/mol. The first-order valence-electron chi connectivity index (χ1n) is 9.29. The van der Waals surface area contributed by atoms with Crippen LogP contribution in [0.1, 0.15) is 19.3 Å². The van der Waals surface area contributed by atoms with Crippen LogP contribution in [0.5, 0.6) is 0 Å². The zero-order chi connectivity index (χ0) is 19.9. The van der Waals surface area contributed by atoms with E-state index in [1.807, 2.05) is 27.7 Å². The van der Waals surface area contributed by atoms with Crippen LogP contribution in [0, 0.1) is 0 Å². The smallest absolute Gasteiger partial charge is 0.258 e. The summed E-state index contributed by atoms with van der Waals surface area (Å²) in [4.78, 5) is 31.4. The molecule has 3 rings (SSSR count). The van der Waals surface area contributed by atoms with Crippen molar-refractivity contribution in [2.24, 2.45) is 4.99 Å². The Morgan fingerprint density at radius 3 is 2.79 bits per heavy atom. The number of aromatic nitrogens is 1. The SMILES string of the molecule is COCCn1c(=NC(=O)CSCC(=O)N2CCCCC2)sc2cc(Cl)ccc21. The van der Waals surface area contributed by atoms with Crippen LogP contribution in [-0.4, -0.2) is 59.6 Å². The predicted molar refractivity (Wildman–Crippen MR) is 115 cm³/mol. The Kier molecular flexibility index (Phi) is 7.96. The van der Waals surface area contributed by atoms with Gasteiger partial charge in [-0.15, -0.1) is 11.8 Å². The number of methoxy groups -OCH3 is 1. The Bertz CT molecular complexity index is 903. The van der Waals surface area contributed by atoms with E-state index in [9.17, 15) is 9.59 Å². The first-order chi connectivity index (χ1) is 13.6. The Labute approximate surface area is 177 Å². The number of hydrogen-bond donors (Lipinski definition) is 0. The number of nitrogens with zero attached hydrogens (tertiary/aromatic N) is 3. The van der Waals surface area contributed by atoms with E-state index in [4.69, 9.17) is 16.3 Å². The van der Waals surface area contributed by atoms with Gasteiger partial charge in [0, 0.05) is 31.8 Å². The number of carbonyl (C=O) groups excluding carboxylic acids is 2. The fraction of sp³-hybridized carbons (Fsp3) is 0.526. The third-order valence-corrected chi connectivity index (χ3v) is 6.72. The lowest BCUT2D eigenvalue weighted by Gasteiger charge is -2.26. The molecule has 6 nitrogen and oxygen atoms in total. The number of likely N-dealkylation sites (tertiary alicyclic amines) is 1. The summed E-state index contributed by atoms with van der Waals surface area (Å²) in [7, 11) is 1.64. The number of amides is 2. The van der Waals surface area contributed by atoms with Gasteiger partial charge in [-0.1, -0.05) is 22.9 Å². The van der Waals surface area contributed by atoms with E-state index >= 15 is 0 Å². The molecule has 0 unspecified atom stereocenters. The van der Waals surface area contributed by atoms with Gasteiger partial charge in [-0.25, -0.2) is 0 Å². The quantitative estimate of drug-likeness (QED) is 0.662. The van der Waals surface area contributed by atoms with Crippen molar-refractivity contribution < 1.29 is 14.3 Å². The highest BCUT2D eigenvalue weighted by Crippen LogP contribution is 2.22. The average molecular weight is 442 g/mol. The molecule has 1 aliphatic rings. The number of thiazole rings is 1. The molecule has 1 fully saturated rings. The molecule has 28 heavy (non-hydrogen) atoms. The van der Waals surface area contributed by atoms with Gasteiger partial charge in [-0.2, -0.15) is 4.99 Å². The Morgan fingerprint density at radius 1 is 1.25 bits per heavy atom. The second-order valence-electron chi connectivity index (χ2n) is 6.58. The summed E-state index contributed by atoms with van der Waals surface area (Å²) in [6.07, 6.45) is 3.34. The zero-order valence-corrected chi connectivity index (χ0v) is 18.2. The molecule has 152 valence electrons. The van der Waals surface area contributed by atoms with Gasteiger partial charge in [0.15, 0.2) is 4.80 Å². The Morgan fingerprint density at radius 2 is 2.04 bits per heavy atom. The van der Waals surface area contributed by atoms with Crippen LogP contribution >= 0.6 is 34.7 Å². The van der Waals surface area contributed by atoms with E-state index < -0.39 is 0 Å². The van der Waals surface area contributed by atoms with Crippen molar-refractivity contribution in [1.82, 2.24) is 9.47 Å². The van der Waals surface area contributed by atoms with E-state index in [2.05, 4.69) is 4.99 Å². The fourth-order valence-electron chi connectivity index (χ4n) is 3.13. The summed E-state index contributed by atoms with van der Waals surface area (Å²) >= 11 is 8.85. The molecule has 0 radical (unpaired) electrons. The molecule has 9 heteroatoms. The minimum absolute atomic E-state index is 0.115. The summed E-state index contributed by atoms with van der Waals surface area (Å²) in [6.45, 7) is 2.79. The minimum atomic E-state index is -0.236. The number of fused-ring (bicyclic) bond motifs is 1. The fourth-order valence-corrected chi connectivity index (χ4v) is 5.18. The summed E-state index contributed by atoms with van der Waals surface area (Å²) in [5, 5.41) is 0.650. The summed E-state index contributed by atoms with van der Waals surface area (Å²) in [5.74, 6) is 0.399. The van der Waals surface area contributed by atoms with Crippen LogP contribution in [0.15, 0.2) is 23.2 Å². The number of ether oxygens (including phenoxy) is 1. The van der Waals surface area contributed by atoms with E-state index in [1.54, 1.807) is 7.11 Å². The molecule has 0 atom stereocenters. The highest BCUT2D eigenvalue weighted by atomic mass is 35.5. The van der Waals surface area contributed by atoms with Crippen LogP contribution in [-0.2, 0) is 20.9 Å². The van der Waals surface area contributed by atoms with E-state index in [0.717, 1.165) is 36.1 Å². The minimum Gasteiger partial charge on any atom is -0.383 e. The third kappa shape index (κ3) is 5.59. The number of piperidine rings is 1. The zero-order valence-electron chi connectivity index (χ0n) is 15.9. The van der Waals surface area contributed by atoms with Crippen molar-refractivity contribution in [3.05, 3.63) is 28.0 Å². The molecular formula is C19H24ClN3O3S2. The predicted octanol–water partition coefficient (Wildman–Crippen LogP) is 3.18. The Hall–Kier alpha value is -1.35. The topological polar surface area (TPSA) is 63.9 Å². The summed E-state index contributed by atoms with van der Waals surface area (Å²) in [6, 6.07) is 5.63. The van der Waals surface area contributed by atoms with Gasteiger partial charge in [-0.05, 0) is 37.5 Å². The maximum absolute atomic E-state index is 12.4. The number of hydrogen-bond acceptors (Lipinski definition) is 5. The molecule has 1 aliphatic heterocycles. The van der Waals surface area contributed by atoms with E-state index in [1.165, 1.54) is 29.5 Å². The largest absolute Gasteiger partial charge is 0.383 e. The maximum atomic E-state index is 12.4. The van der Waals surface area contributed by atoms with Crippen molar-refractivity contribution >= 4 is 56.7 Å². The number of rotatable bonds is 7.